The fraction of sp³-hybridized carbons (Fsp3) is 1.00. The summed E-state index contributed by atoms with van der Waals surface area (Å²) in [4.78, 5) is 0. The lowest BCUT2D eigenvalue weighted by molar-refractivity contribution is -0.0696. The van der Waals surface area contributed by atoms with Gasteiger partial charge in [0.05, 0.1) is 0 Å². The molecule has 4 aliphatic rings. The van der Waals surface area contributed by atoms with Crippen molar-refractivity contribution in [2.45, 2.75) is 97.8 Å². The van der Waals surface area contributed by atoms with Crippen molar-refractivity contribution in [3.05, 3.63) is 0 Å². The molecule has 138 valence electrons. The predicted octanol–water partition coefficient (Wildman–Crippen LogP) is 7.33. The van der Waals surface area contributed by atoms with Crippen LogP contribution in [0, 0.1) is 53.3 Å². The average Bonchev–Trinajstić information content (AvgIpc) is 3.07. The summed E-state index contributed by atoms with van der Waals surface area (Å²) in [6.07, 6.45) is 18.6. The van der Waals surface area contributed by atoms with Crippen molar-refractivity contribution in [2.75, 3.05) is 0 Å². The van der Waals surface area contributed by atoms with Gasteiger partial charge >= 0.3 is 0 Å². The SMILES string of the molecule is CCC1CCC2CCCCC2C1C1C(CC)C(C)CC2CCCC21. The van der Waals surface area contributed by atoms with Gasteiger partial charge in [0, 0.05) is 0 Å². The maximum atomic E-state index is 2.62. The van der Waals surface area contributed by atoms with Crippen LogP contribution < -0.4 is 0 Å². The first-order valence-corrected chi connectivity index (χ1v) is 11.7. The summed E-state index contributed by atoms with van der Waals surface area (Å²) in [7, 11) is 0. The molecule has 4 saturated carbocycles. The second-order valence-electron chi connectivity index (χ2n) is 10.2. The van der Waals surface area contributed by atoms with Gasteiger partial charge in [0.15, 0.2) is 0 Å². The maximum Gasteiger partial charge on any atom is -0.0319 e. The van der Waals surface area contributed by atoms with E-state index in [0.29, 0.717) is 0 Å². The van der Waals surface area contributed by atoms with E-state index in [4.69, 9.17) is 0 Å². The Hall–Kier alpha value is 0. The summed E-state index contributed by atoms with van der Waals surface area (Å²) in [6.45, 7) is 7.66. The Morgan fingerprint density at radius 2 is 1.38 bits per heavy atom. The van der Waals surface area contributed by atoms with Gasteiger partial charge in [-0.25, -0.2) is 0 Å². The fourth-order valence-electron chi connectivity index (χ4n) is 8.61. The molecule has 0 heterocycles. The van der Waals surface area contributed by atoms with Gasteiger partial charge in [-0.15, -0.1) is 0 Å². The van der Waals surface area contributed by atoms with Gasteiger partial charge in [0.25, 0.3) is 0 Å². The molecule has 9 unspecified atom stereocenters. The van der Waals surface area contributed by atoms with E-state index >= 15 is 0 Å². The summed E-state index contributed by atoms with van der Waals surface area (Å²) in [6, 6.07) is 0. The minimum absolute atomic E-state index is 1.00. The van der Waals surface area contributed by atoms with Crippen molar-refractivity contribution < 1.29 is 0 Å². The Bertz CT molecular complexity index is 410. The summed E-state index contributed by atoms with van der Waals surface area (Å²) < 4.78 is 0. The molecule has 0 aromatic heterocycles. The van der Waals surface area contributed by atoms with Gasteiger partial charge in [0.2, 0.25) is 0 Å². The van der Waals surface area contributed by atoms with E-state index in [1.54, 1.807) is 57.8 Å². The van der Waals surface area contributed by atoms with E-state index in [1.807, 2.05) is 0 Å². The first-order chi connectivity index (χ1) is 11.7. The highest BCUT2D eigenvalue weighted by Gasteiger charge is 2.52. The minimum atomic E-state index is 1.00. The molecule has 0 radical (unpaired) electrons. The lowest BCUT2D eigenvalue weighted by Gasteiger charge is -2.56. The molecule has 0 aliphatic heterocycles. The van der Waals surface area contributed by atoms with Crippen LogP contribution in [0.4, 0.5) is 0 Å². The van der Waals surface area contributed by atoms with Gasteiger partial charge in [-0.1, -0.05) is 65.7 Å². The third-order valence-electron chi connectivity index (χ3n) is 9.47. The van der Waals surface area contributed by atoms with Crippen LogP contribution in [0.5, 0.6) is 0 Å². The first kappa shape index (κ1) is 17.4. The van der Waals surface area contributed by atoms with Crippen molar-refractivity contribution in [1.29, 1.82) is 0 Å². The Balaban J connectivity index is 1.67. The third kappa shape index (κ3) is 2.88. The van der Waals surface area contributed by atoms with Crippen LogP contribution in [-0.4, -0.2) is 0 Å². The number of fused-ring (bicyclic) bond motifs is 2. The van der Waals surface area contributed by atoms with E-state index in [0.717, 1.165) is 53.3 Å². The fourth-order valence-corrected chi connectivity index (χ4v) is 8.61. The third-order valence-corrected chi connectivity index (χ3v) is 9.47. The van der Waals surface area contributed by atoms with Crippen LogP contribution in [0.1, 0.15) is 97.8 Å². The zero-order chi connectivity index (χ0) is 16.7. The molecule has 0 aromatic rings. The van der Waals surface area contributed by atoms with E-state index in [2.05, 4.69) is 20.8 Å². The molecule has 0 spiro atoms. The minimum Gasteiger partial charge on any atom is -0.0651 e. The molecule has 0 bridgehead atoms. The van der Waals surface area contributed by atoms with E-state index < -0.39 is 0 Å². The standard InChI is InChI=1S/C24H42/c1-4-17-13-14-18-9-6-7-11-21(18)23(17)24-20(5-2)16(3)15-19-10-8-12-22(19)24/h16-24H,4-15H2,1-3H3. The zero-order valence-corrected chi connectivity index (χ0v) is 16.7. The highest BCUT2D eigenvalue weighted by atomic mass is 14.6. The highest BCUT2D eigenvalue weighted by molar-refractivity contribution is 5.01. The van der Waals surface area contributed by atoms with E-state index in [-0.39, 0.29) is 0 Å². The molecule has 0 N–H and O–H groups in total. The molecular weight excluding hydrogens is 288 g/mol. The van der Waals surface area contributed by atoms with Gasteiger partial charge < -0.3 is 0 Å². The van der Waals surface area contributed by atoms with Crippen molar-refractivity contribution in [1.82, 2.24) is 0 Å². The summed E-state index contributed by atoms with van der Waals surface area (Å²) in [5, 5.41) is 0. The molecule has 4 fully saturated rings. The Morgan fingerprint density at radius 1 is 0.667 bits per heavy atom. The summed E-state index contributed by atoms with van der Waals surface area (Å²) in [5.41, 5.74) is 0. The average molecular weight is 331 g/mol. The van der Waals surface area contributed by atoms with Gasteiger partial charge in [-0.2, -0.15) is 0 Å². The molecule has 0 amide bonds. The number of hydrogen-bond acceptors (Lipinski definition) is 0. The molecular formula is C24H42. The second-order valence-corrected chi connectivity index (χ2v) is 10.2. The Morgan fingerprint density at radius 3 is 2.17 bits per heavy atom. The molecule has 9 atom stereocenters. The monoisotopic (exact) mass is 330 g/mol. The Labute approximate surface area is 151 Å². The zero-order valence-electron chi connectivity index (χ0n) is 16.7. The second kappa shape index (κ2) is 7.32. The van der Waals surface area contributed by atoms with Gasteiger partial charge in [-0.3, -0.25) is 0 Å². The summed E-state index contributed by atoms with van der Waals surface area (Å²) in [5.74, 6) is 9.76. The van der Waals surface area contributed by atoms with Crippen LogP contribution in [-0.2, 0) is 0 Å². The number of rotatable bonds is 3. The molecule has 4 aliphatic carbocycles. The first-order valence-electron chi connectivity index (χ1n) is 11.7. The van der Waals surface area contributed by atoms with E-state index in [1.165, 1.54) is 19.3 Å². The van der Waals surface area contributed by atoms with Crippen LogP contribution in [0.2, 0.25) is 0 Å². The normalized spacial score (nSPS) is 51.9. The lowest BCUT2D eigenvalue weighted by atomic mass is 9.49. The lowest BCUT2D eigenvalue weighted by Crippen LogP contribution is -2.49. The van der Waals surface area contributed by atoms with Crippen LogP contribution in [0.3, 0.4) is 0 Å². The van der Waals surface area contributed by atoms with Gasteiger partial charge in [0.1, 0.15) is 0 Å². The van der Waals surface area contributed by atoms with Crippen molar-refractivity contribution in [3.8, 4) is 0 Å². The molecule has 4 rings (SSSR count). The van der Waals surface area contributed by atoms with E-state index in [9.17, 15) is 0 Å². The molecule has 0 aromatic carbocycles. The molecule has 0 heteroatoms. The van der Waals surface area contributed by atoms with Crippen LogP contribution >= 0.6 is 0 Å². The number of hydrogen-bond donors (Lipinski definition) is 0. The van der Waals surface area contributed by atoms with Crippen molar-refractivity contribution in [3.63, 3.8) is 0 Å². The van der Waals surface area contributed by atoms with Crippen LogP contribution in [0.15, 0.2) is 0 Å². The predicted molar refractivity (Wildman–Crippen MR) is 104 cm³/mol. The van der Waals surface area contributed by atoms with Crippen LogP contribution in [0.25, 0.3) is 0 Å². The molecule has 0 saturated heterocycles. The topological polar surface area (TPSA) is 0 Å². The smallest absolute Gasteiger partial charge is 0.0319 e. The quantitative estimate of drug-likeness (QED) is 0.508. The largest absolute Gasteiger partial charge is 0.0651 e. The van der Waals surface area contributed by atoms with Crippen molar-refractivity contribution in [2.24, 2.45) is 53.3 Å². The summed E-state index contributed by atoms with van der Waals surface area (Å²) >= 11 is 0. The van der Waals surface area contributed by atoms with Crippen molar-refractivity contribution >= 4 is 0 Å². The maximum absolute atomic E-state index is 2.62. The molecule has 24 heavy (non-hydrogen) atoms. The van der Waals surface area contributed by atoms with Gasteiger partial charge in [-0.05, 0) is 85.4 Å². The molecule has 0 nitrogen and oxygen atoms in total. The highest BCUT2D eigenvalue weighted by Crippen LogP contribution is 2.60. The Kier molecular flexibility index (Phi) is 5.31.